The number of ether oxygens (including phenoxy) is 1. The number of nitrogens with zero attached hydrogens (tertiary/aromatic N) is 2. The fourth-order valence-corrected chi connectivity index (χ4v) is 4.12. The molecule has 0 spiro atoms. The van der Waals surface area contributed by atoms with E-state index in [0.717, 1.165) is 24.0 Å². The van der Waals surface area contributed by atoms with E-state index in [-0.39, 0.29) is 17.9 Å². The van der Waals surface area contributed by atoms with E-state index in [4.69, 9.17) is 4.74 Å². The summed E-state index contributed by atoms with van der Waals surface area (Å²) in [7, 11) is 0. The van der Waals surface area contributed by atoms with Crippen molar-refractivity contribution in [3.05, 3.63) is 11.4 Å². The molecule has 1 aliphatic rings. The van der Waals surface area contributed by atoms with Crippen molar-refractivity contribution in [1.82, 2.24) is 9.47 Å². The molecule has 0 unspecified atom stereocenters. The summed E-state index contributed by atoms with van der Waals surface area (Å²) in [5.41, 5.74) is -0.468. The number of piperidine rings is 1. The van der Waals surface area contributed by atoms with Crippen LogP contribution in [0.4, 0.5) is 4.79 Å². The number of fused-ring (bicyclic) bond motifs is 1. The summed E-state index contributed by atoms with van der Waals surface area (Å²) in [4.78, 5) is 13.9. The summed E-state index contributed by atoms with van der Waals surface area (Å²) in [6.45, 7) is 7.59. The van der Waals surface area contributed by atoms with Gasteiger partial charge in [-0.1, -0.05) is 0 Å². The summed E-state index contributed by atoms with van der Waals surface area (Å²) in [5.74, 6) is 0.756. The first-order valence-electron chi connectivity index (χ1n) is 8.72. The van der Waals surface area contributed by atoms with Crippen molar-refractivity contribution in [1.29, 1.82) is 0 Å². The van der Waals surface area contributed by atoms with Crippen molar-refractivity contribution in [2.24, 2.45) is 5.92 Å². The van der Waals surface area contributed by atoms with Gasteiger partial charge in [0.15, 0.2) is 0 Å². The Balaban J connectivity index is 1.52. The van der Waals surface area contributed by atoms with Crippen molar-refractivity contribution in [3.63, 3.8) is 0 Å². The summed E-state index contributed by atoms with van der Waals surface area (Å²) < 4.78 is 7.73. The third-order valence-electron chi connectivity index (χ3n) is 4.65. The number of carbonyl (C=O) groups is 1. The van der Waals surface area contributed by atoms with Crippen LogP contribution in [-0.4, -0.2) is 44.5 Å². The Morgan fingerprint density at radius 3 is 2.56 bits per heavy atom. The van der Waals surface area contributed by atoms with Crippen molar-refractivity contribution >= 4 is 27.5 Å². The van der Waals surface area contributed by atoms with Gasteiger partial charge in [-0.25, -0.2) is 4.79 Å². The highest BCUT2D eigenvalue weighted by molar-refractivity contribution is 7.17. The number of thiophene rings is 1. The summed E-state index contributed by atoms with van der Waals surface area (Å²) >= 11 is 1.43. The van der Waals surface area contributed by atoms with Gasteiger partial charge < -0.3 is 19.8 Å². The second-order valence-corrected chi connectivity index (χ2v) is 8.58. The number of hydrogen-bond donors (Lipinski definition) is 2. The third kappa shape index (κ3) is 3.86. The molecule has 2 N–H and O–H groups in total. The molecule has 0 aliphatic carbocycles. The van der Waals surface area contributed by atoms with E-state index in [1.807, 2.05) is 32.2 Å². The Morgan fingerprint density at radius 2 is 1.96 bits per heavy atom. The van der Waals surface area contributed by atoms with Crippen LogP contribution in [0.5, 0.6) is 11.8 Å². The number of aromatic nitrogens is 1. The molecule has 0 atom stereocenters. The molecule has 2 aromatic rings. The molecule has 0 aromatic carbocycles. The second kappa shape index (κ2) is 6.78. The fourth-order valence-electron chi connectivity index (χ4n) is 3.28. The molecule has 1 aliphatic heterocycles. The molecular formula is C18H26N2O4S. The molecule has 3 rings (SSSR count). The van der Waals surface area contributed by atoms with Gasteiger partial charge in [0.1, 0.15) is 5.60 Å². The second-order valence-electron chi connectivity index (χ2n) is 7.66. The minimum absolute atomic E-state index is 0.139. The molecule has 0 bridgehead atoms. The molecule has 3 heterocycles. The molecule has 1 amide bonds. The quantitative estimate of drug-likeness (QED) is 0.856. The van der Waals surface area contributed by atoms with Gasteiger partial charge in [-0.3, -0.25) is 4.57 Å². The smallest absolute Gasteiger partial charge is 0.410 e. The maximum Gasteiger partial charge on any atom is 0.410 e. The Labute approximate surface area is 151 Å². The highest BCUT2D eigenvalue weighted by Gasteiger charge is 2.27. The average molecular weight is 366 g/mol. The van der Waals surface area contributed by atoms with E-state index >= 15 is 0 Å². The minimum Gasteiger partial charge on any atom is -0.494 e. The van der Waals surface area contributed by atoms with Crippen LogP contribution in [0.25, 0.3) is 10.1 Å². The lowest BCUT2D eigenvalue weighted by Gasteiger charge is -2.33. The van der Waals surface area contributed by atoms with E-state index in [1.54, 1.807) is 9.47 Å². The Morgan fingerprint density at radius 1 is 1.28 bits per heavy atom. The maximum absolute atomic E-state index is 12.1. The third-order valence-corrected chi connectivity index (χ3v) is 5.56. The van der Waals surface area contributed by atoms with Crippen molar-refractivity contribution in [2.75, 3.05) is 13.1 Å². The van der Waals surface area contributed by atoms with Crippen LogP contribution in [-0.2, 0) is 11.3 Å². The van der Waals surface area contributed by atoms with Crippen molar-refractivity contribution in [3.8, 4) is 11.8 Å². The van der Waals surface area contributed by atoms with Gasteiger partial charge in [-0.2, -0.15) is 0 Å². The van der Waals surface area contributed by atoms with E-state index in [2.05, 4.69) is 0 Å². The van der Waals surface area contributed by atoms with Crippen LogP contribution in [0, 0.1) is 5.92 Å². The number of hydrogen-bond acceptors (Lipinski definition) is 5. The Hall–Kier alpha value is -1.89. The van der Waals surface area contributed by atoms with Crippen LogP contribution >= 0.6 is 11.3 Å². The molecule has 0 saturated carbocycles. The zero-order valence-electron chi connectivity index (χ0n) is 15.0. The van der Waals surface area contributed by atoms with Gasteiger partial charge in [-0.05, 0) is 57.4 Å². The Bertz CT molecular complexity index is 717. The lowest BCUT2D eigenvalue weighted by atomic mass is 9.94. The molecule has 138 valence electrons. The van der Waals surface area contributed by atoms with E-state index in [0.29, 0.717) is 30.9 Å². The molecule has 1 saturated heterocycles. The summed E-state index contributed by atoms with van der Waals surface area (Å²) in [6.07, 6.45) is 2.45. The van der Waals surface area contributed by atoms with Crippen LogP contribution in [0.1, 0.15) is 40.0 Å². The van der Waals surface area contributed by atoms with Crippen molar-refractivity contribution in [2.45, 2.75) is 52.2 Å². The Kier molecular flexibility index (Phi) is 4.86. The van der Waals surface area contributed by atoms with Gasteiger partial charge in [0.25, 0.3) is 0 Å². The lowest BCUT2D eigenvalue weighted by molar-refractivity contribution is 0.0180. The first kappa shape index (κ1) is 17.9. The van der Waals surface area contributed by atoms with E-state index in [1.165, 1.54) is 11.3 Å². The van der Waals surface area contributed by atoms with Crippen LogP contribution < -0.4 is 0 Å². The maximum atomic E-state index is 12.1. The standard InChI is InChI=1S/C18H26N2O4S/c1-18(2,3)24-17(23)19-8-4-12(5-9-19)6-10-20-15(21)13-7-11-25-14(13)16(20)22/h7,11-12,21-22H,4-6,8-10H2,1-3H3. The van der Waals surface area contributed by atoms with Crippen LogP contribution in [0.3, 0.4) is 0 Å². The molecule has 6 nitrogen and oxygen atoms in total. The van der Waals surface area contributed by atoms with Gasteiger partial charge >= 0.3 is 6.09 Å². The van der Waals surface area contributed by atoms with Crippen molar-refractivity contribution < 1.29 is 19.7 Å². The number of amides is 1. The summed E-state index contributed by atoms with van der Waals surface area (Å²) in [6, 6.07) is 1.82. The number of aromatic hydroxyl groups is 2. The number of carbonyl (C=O) groups excluding carboxylic acids is 1. The fraction of sp³-hybridized carbons (Fsp3) is 0.611. The van der Waals surface area contributed by atoms with Crippen LogP contribution in [0.2, 0.25) is 0 Å². The monoisotopic (exact) mass is 366 g/mol. The van der Waals surface area contributed by atoms with E-state index < -0.39 is 5.60 Å². The van der Waals surface area contributed by atoms with E-state index in [9.17, 15) is 15.0 Å². The summed E-state index contributed by atoms with van der Waals surface area (Å²) in [5, 5.41) is 23.1. The van der Waals surface area contributed by atoms with Crippen LogP contribution in [0.15, 0.2) is 11.4 Å². The first-order chi connectivity index (χ1) is 11.8. The molecule has 25 heavy (non-hydrogen) atoms. The van der Waals surface area contributed by atoms with Gasteiger partial charge in [0, 0.05) is 19.6 Å². The lowest BCUT2D eigenvalue weighted by Crippen LogP contribution is -2.41. The first-order valence-corrected chi connectivity index (χ1v) is 9.60. The van der Waals surface area contributed by atoms with Gasteiger partial charge in [0.05, 0.1) is 10.1 Å². The minimum atomic E-state index is -0.468. The largest absolute Gasteiger partial charge is 0.494 e. The molecule has 0 radical (unpaired) electrons. The predicted molar refractivity (Wildman–Crippen MR) is 98.3 cm³/mol. The SMILES string of the molecule is CC(C)(C)OC(=O)N1CCC(CCn2c(O)c3ccsc3c2O)CC1. The molecule has 7 heteroatoms. The molecule has 1 fully saturated rings. The zero-order chi connectivity index (χ0) is 18.2. The average Bonchev–Trinajstić information content (AvgIpc) is 3.10. The normalized spacial score (nSPS) is 16.5. The highest BCUT2D eigenvalue weighted by Crippen LogP contribution is 2.40. The number of likely N-dealkylation sites (tertiary alicyclic amines) is 1. The zero-order valence-corrected chi connectivity index (χ0v) is 15.8. The topological polar surface area (TPSA) is 74.9 Å². The van der Waals surface area contributed by atoms with Gasteiger partial charge in [-0.15, -0.1) is 11.3 Å². The number of rotatable bonds is 3. The highest BCUT2D eigenvalue weighted by atomic mass is 32.1. The molecule has 2 aromatic heterocycles. The predicted octanol–water partition coefficient (Wildman–Crippen LogP) is 4.15. The molecular weight excluding hydrogens is 340 g/mol. The van der Waals surface area contributed by atoms with Gasteiger partial charge in [0.2, 0.25) is 11.8 Å².